The van der Waals surface area contributed by atoms with Crippen molar-refractivity contribution in [1.82, 2.24) is 24.5 Å². The summed E-state index contributed by atoms with van der Waals surface area (Å²) in [5, 5.41) is 19.7. The van der Waals surface area contributed by atoms with E-state index in [4.69, 9.17) is 17.3 Å². The average Bonchev–Trinajstić information content (AvgIpc) is 2.82. The van der Waals surface area contributed by atoms with Gasteiger partial charge in [-0.3, -0.25) is 9.78 Å². The molecule has 2 heterocycles. The minimum absolute atomic E-state index is 0.111. The van der Waals surface area contributed by atoms with E-state index < -0.39 is 0 Å². The molecule has 2 rings (SSSR count). The Bertz CT molecular complexity index is 526. The predicted molar refractivity (Wildman–Crippen MR) is 60.2 cm³/mol. The number of H-pyrrole nitrogens is 1. The zero-order valence-electron chi connectivity index (χ0n) is 8.92. The SMILES string of the molecule is Cn1cc(CCn2c(CO)n[nH]c2=S)cn1. The molecule has 0 saturated carbocycles. The van der Waals surface area contributed by atoms with Crippen LogP contribution in [0.2, 0.25) is 0 Å². The molecule has 0 aliphatic rings. The van der Waals surface area contributed by atoms with Crippen LogP contribution >= 0.6 is 12.2 Å². The molecule has 0 atom stereocenters. The molecule has 0 fully saturated rings. The Balaban J connectivity index is 2.09. The number of nitrogens with one attached hydrogen (secondary N) is 1. The molecule has 86 valence electrons. The minimum Gasteiger partial charge on any atom is -0.388 e. The average molecular weight is 239 g/mol. The van der Waals surface area contributed by atoms with Crippen LogP contribution in [0.3, 0.4) is 0 Å². The number of hydrogen-bond donors (Lipinski definition) is 2. The largest absolute Gasteiger partial charge is 0.388 e. The van der Waals surface area contributed by atoms with Gasteiger partial charge in [-0.2, -0.15) is 10.2 Å². The normalized spacial score (nSPS) is 10.9. The van der Waals surface area contributed by atoms with Crippen LogP contribution in [0.5, 0.6) is 0 Å². The number of nitrogens with zero attached hydrogens (tertiary/aromatic N) is 4. The monoisotopic (exact) mass is 239 g/mol. The second-order valence-electron chi connectivity index (χ2n) is 3.53. The summed E-state index contributed by atoms with van der Waals surface area (Å²) < 4.78 is 4.09. The highest BCUT2D eigenvalue weighted by molar-refractivity contribution is 7.71. The first-order valence-electron chi connectivity index (χ1n) is 4.93. The van der Waals surface area contributed by atoms with Crippen LogP contribution in [0, 0.1) is 4.77 Å². The Hall–Kier alpha value is -1.47. The van der Waals surface area contributed by atoms with E-state index in [0.717, 1.165) is 12.0 Å². The first kappa shape index (κ1) is 11.0. The van der Waals surface area contributed by atoms with Crippen molar-refractivity contribution in [1.29, 1.82) is 0 Å². The molecule has 16 heavy (non-hydrogen) atoms. The first-order chi connectivity index (χ1) is 7.70. The van der Waals surface area contributed by atoms with Crippen LogP contribution < -0.4 is 0 Å². The van der Waals surface area contributed by atoms with Gasteiger partial charge in [0.25, 0.3) is 0 Å². The molecule has 0 radical (unpaired) electrons. The van der Waals surface area contributed by atoms with Crippen molar-refractivity contribution in [3.63, 3.8) is 0 Å². The Morgan fingerprint density at radius 2 is 2.38 bits per heavy atom. The summed E-state index contributed by atoms with van der Waals surface area (Å²) in [5.41, 5.74) is 1.13. The fourth-order valence-electron chi connectivity index (χ4n) is 1.54. The van der Waals surface area contributed by atoms with E-state index in [9.17, 15) is 0 Å². The van der Waals surface area contributed by atoms with Gasteiger partial charge in [-0.1, -0.05) is 0 Å². The molecule has 0 unspecified atom stereocenters. The van der Waals surface area contributed by atoms with E-state index >= 15 is 0 Å². The minimum atomic E-state index is -0.111. The summed E-state index contributed by atoms with van der Waals surface area (Å²) in [5.74, 6) is 0.564. The summed E-state index contributed by atoms with van der Waals surface area (Å²) in [7, 11) is 1.88. The smallest absolute Gasteiger partial charge is 0.195 e. The van der Waals surface area contributed by atoms with Gasteiger partial charge >= 0.3 is 0 Å². The molecule has 0 saturated heterocycles. The van der Waals surface area contributed by atoms with Crippen molar-refractivity contribution >= 4 is 12.2 Å². The maximum absolute atomic E-state index is 9.07. The lowest BCUT2D eigenvalue weighted by Crippen LogP contribution is -2.06. The van der Waals surface area contributed by atoms with E-state index in [0.29, 0.717) is 17.1 Å². The molecule has 6 nitrogen and oxygen atoms in total. The van der Waals surface area contributed by atoms with Gasteiger partial charge in [0.15, 0.2) is 10.6 Å². The molecule has 0 spiro atoms. The lowest BCUT2D eigenvalue weighted by Gasteiger charge is -2.02. The van der Waals surface area contributed by atoms with E-state index in [1.54, 1.807) is 9.25 Å². The number of aryl methyl sites for hydroxylation is 2. The number of aromatic nitrogens is 5. The van der Waals surface area contributed by atoms with Gasteiger partial charge in [-0.25, -0.2) is 0 Å². The van der Waals surface area contributed by atoms with Crippen LogP contribution in [0.15, 0.2) is 12.4 Å². The fraction of sp³-hybridized carbons (Fsp3) is 0.444. The standard InChI is InChI=1S/C9H13N5OS/c1-13-5-7(4-10-13)2-3-14-8(6-15)11-12-9(14)16/h4-5,15H,2-3,6H2,1H3,(H,12,16). The lowest BCUT2D eigenvalue weighted by atomic mass is 10.2. The Morgan fingerprint density at radius 1 is 1.56 bits per heavy atom. The van der Waals surface area contributed by atoms with Gasteiger partial charge in [0.1, 0.15) is 6.61 Å². The zero-order chi connectivity index (χ0) is 11.5. The summed E-state index contributed by atoms with van der Waals surface area (Å²) >= 11 is 5.07. The van der Waals surface area contributed by atoms with Crippen LogP contribution in [-0.4, -0.2) is 29.7 Å². The fourth-order valence-corrected chi connectivity index (χ4v) is 1.79. The third-order valence-electron chi connectivity index (χ3n) is 2.36. The highest BCUT2D eigenvalue weighted by Crippen LogP contribution is 2.03. The molecule has 0 aliphatic carbocycles. The van der Waals surface area contributed by atoms with Crippen molar-refractivity contribution < 1.29 is 5.11 Å². The molecule has 7 heteroatoms. The summed E-state index contributed by atoms with van der Waals surface area (Å²) in [6, 6.07) is 0. The molecule has 2 aromatic rings. The van der Waals surface area contributed by atoms with Crippen LogP contribution in [0.1, 0.15) is 11.4 Å². The molecule has 2 aromatic heterocycles. The van der Waals surface area contributed by atoms with Crippen molar-refractivity contribution in [3.8, 4) is 0 Å². The maximum Gasteiger partial charge on any atom is 0.195 e. The molecular formula is C9H13N5OS. The van der Waals surface area contributed by atoms with Gasteiger partial charge in [0.05, 0.1) is 6.20 Å². The number of rotatable bonds is 4. The molecule has 0 aliphatic heterocycles. The quantitative estimate of drug-likeness (QED) is 0.758. The van der Waals surface area contributed by atoms with Crippen LogP contribution in [-0.2, 0) is 26.6 Å². The highest BCUT2D eigenvalue weighted by atomic mass is 32.1. The van der Waals surface area contributed by atoms with Crippen molar-refractivity contribution in [2.24, 2.45) is 7.05 Å². The topological polar surface area (TPSA) is 71.7 Å². The van der Waals surface area contributed by atoms with Crippen molar-refractivity contribution in [2.75, 3.05) is 0 Å². The number of aliphatic hydroxyl groups is 1. The van der Waals surface area contributed by atoms with Crippen molar-refractivity contribution in [2.45, 2.75) is 19.6 Å². The summed E-state index contributed by atoms with van der Waals surface area (Å²) in [6.07, 6.45) is 4.60. The van der Waals surface area contributed by atoms with E-state index in [1.165, 1.54) is 0 Å². The molecule has 0 bridgehead atoms. The Labute approximate surface area is 97.5 Å². The van der Waals surface area contributed by atoms with Crippen LogP contribution in [0.25, 0.3) is 0 Å². The van der Waals surface area contributed by atoms with Gasteiger partial charge in [0, 0.05) is 19.8 Å². The Kier molecular flexibility index (Phi) is 3.16. The number of aliphatic hydroxyl groups excluding tert-OH is 1. The highest BCUT2D eigenvalue weighted by Gasteiger charge is 2.05. The molecule has 0 amide bonds. The zero-order valence-corrected chi connectivity index (χ0v) is 9.74. The Morgan fingerprint density at radius 3 is 3.00 bits per heavy atom. The summed E-state index contributed by atoms with van der Waals surface area (Å²) in [6.45, 7) is 0.580. The third kappa shape index (κ3) is 2.20. The molecule has 0 aromatic carbocycles. The van der Waals surface area contributed by atoms with Gasteiger partial charge in [0.2, 0.25) is 0 Å². The predicted octanol–water partition coefficient (Wildman–Crippen LogP) is 0.409. The first-order valence-corrected chi connectivity index (χ1v) is 5.34. The third-order valence-corrected chi connectivity index (χ3v) is 2.67. The van der Waals surface area contributed by atoms with E-state index in [1.807, 2.05) is 19.4 Å². The van der Waals surface area contributed by atoms with Gasteiger partial charge in [-0.15, -0.1) is 0 Å². The lowest BCUT2D eigenvalue weighted by molar-refractivity contribution is 0.264. The van der Waals surface area contributed by atoms with Crippen molar-refractivity contribution in [3.05, 3.63) is 28.6 Å². The van der Waals surface area contributed by atoms with E-state index in [-0.39, 0.29) is 6.61 Å². The second-order valence-corrected chi connectivity index (χ2v) is 3.91. The van der Waals surface area contributed by atoms with E-state index in [2.05, 4.69) is 15.3 Å². The molecule has 2 N–H and O–H groups in total. The van der Waals surface area contributed by atoms with Gasteiger partial charge < -0.3 is 9.67 Å². The second kappa shape index (κ2) is 4.58. The number of hydrogen-bond acceptors (Lipinski definition) is 4. The van der Waals surface area contributed by atoms with Gasteiger partial charge in [-0.05, 0) is 24.2 Å². The number of aromatic amines is 1. The maximum atomic E-state index is 9.07. The molecular weight excluding hydrogens is 226 g/mol. The van der Waals surface area contributed by atoms with Crippen LogP contribution in [0.4, 0.5) is 0 Å². The summed E-state index contributed by atoms with van der Waals surface area (Å²) in [4.78, 5) is 0.